The van der Waals surface area contributed by atoms with E-state index in [1.54, 1.807) is 18.2 Å². The molecular weight excluding hydrogens is 350 g/mol. The van der Waals surface area contributed by atoms with Crippen molar-refractivity contribution < 1.29 is 13.2 Å². The third kappa shape index (κ3) is 5.79. The van der Waals surface area contributed by atoms with Crippen molar-refractivity contribution in [3.8, 4) is 0 Å². The van der Waals surface area contributed by atoms with Crippen LogP contribution >= 0.6 is 0 Å². The Morgan fingerprint density at radius 2 is 2.00 bits per heavy atom. The summed E-state index contributed by atoms with van der Waals surface area (Å²) in [6.07, 6.45) is 5.82. The first-order valence-electron chi connectivity index (χ1n) is 9.47. The van der Waals surface area contributed by atoms with Gasteiger partial charge in [0.15, 0.2) is 0 Å². The molecule has 1 amide bonds. The van der Waals surface area contributed by atoms with Crippen molar-refractivity contribution in [3.05, 3.63) is 30.3 Å². The Bertz CT molecular complexity index is 664. The van der Waals surface area contributed by atoms with Gasteiger partial charge in [0.1, 0.15) is 0 Å². The molecular formula is C19H31N3O3S. The molecule has 0 aromatic heterocycles. The molecule has 7 heteroatoms. The number of likely N-dealkylation sites (tertiary alicyclic amines) is 1. The summed E-state index contributed by atoms with van der Waals surface area (Å²) >= 11 is 0. The number of unbranched alkanes of at least 4 members (excludes halogenated alkanes) is 1. The highest BCUT2D eigenvalue weighted by molar-refractivity contribution is 7.89. The molecule has 0 aliphatic carbocycles. The normalized spacial score (nSPS) is 18.8. The highest BCUT2D eigenvalue weighted by Crippen LogP contribution is 2.17. The number of likely N-dealkylation sites (N-methyl/N-ethyl adjacent to an activating group) is 1. The van der Waals surface area contributed by atoms with Gasteiger partial charge in [0, 0.05) is 19.6 Å². The molecule has 146 valence electrons. The summed E-state index contributed by atoms with van der Waals surface area (Å²) in [6, 6.07) is 8.55. The smallest absolute Gasteiger partial charge is 0.243 e. The van der Waals surface area contributed by atoms with Crippen LogP contribution in [0.15, 0.2) is 35.2 Å². The van der Waals surface area contributed by atoms with Crippen LogP contribution < -0.4 is 5.32 Å². The minimum atomic E-state index is -3.64. The highest BCUT2D eigenvalue weighted by atomic mass is 32.2. The van der Waals surface area contributed by atoms with Gasteiger partial charge in [0.05, 0.1) is 11.4 Å². The fraction of sp³-hybridized carbons (Fsp3) is 0.632. The van der Waals surface area contributed by atoms with Gasteiger partial charge in [-0.1, -0.05) is 38.0 Å². The summed E-state index contributed by atoms with van der Waals surface area (Å²) in [5, 5.41) is 2.93. The minimum Gasteiger partial charge on any atom is -0.353 e. The van der Waals surface area contributed by atoms with Crippen LogP contribution in [0, 0.1) is 0 Å². The molecule has 0 spiro atoms. The Labute approximate surface area is 157 Å². The van der Waals surface area contributed by atoms with Crippen molar-refractivity contribution in [2.24, 2.45) is 0 Å². The molecule has 1 unspecified atom stereocenters. The number of piperidine rings is 1. The van der Waals surface area contributed by atoms with E-state index in [-0.39, 0.29) is 17.3 Å². The average molecular weight is 382 g/mol. The Morgan fingerprint density at radius 3 is 2.69 bits per heavy atom. The van der Waals surface area contributed by atoms with E-state index in [9.17, 15) is 13.2 Å². The Hall–Kier alpha value is -1.44. The van der Waals surface area contributed by atoms with Crippen LogP contribution in [0.4, 0.5) is 0 Å². The zero-order valence-corrected chi connectivity index (χ0v) is 16.7. The van der Waals surface area contributed by atoms with E-state index < -0.39 is 10.0 Å². The lowest BCUT2D eigenvalue weighted by Crippen LogP contribution is -2.48. The second-order valence-corrected chi connectivity index (χ2v) is 8.96. The Balaban J connectivity index is 1.85. The molecule has 1 saturated heterocycles. The average Bonchev–Trinajstić information content (AvgIpc) is 2.66. The summed E-state index contributed by atoms with van der Waals surface area (Å²) in [7, 11) is -2.20. The predicted octanol–water partition coefficient (Wildman–Crippen LogP) is 2.08. The zero-order chi connectivity index (χ0) is 19.0. The van der Waals surface area contributed by atoms with Crippen LogP contribution in [-0.4, -0.2) is 62.8 Å². The topological polar surface area (TPSA) is 69.7 Å². The molecule has 2 rings (SSSR count). The number of hydrogen-bond acceptors (Lipinski definition) is 4. The number of carbonyl (C=O) groups is 1. The molecule has 1 atom stereocenters. The second-order valence-electron chi connectivity index (χ2n) is 6.92. The summed E-state index contributed by atoms with van der Waals surface area (Å²) in [4.78, 5) is 14.9. The van der Waals surface area contributed by atoms with Gasteiger partial charge in [-0.15, -0.1) is 0 Å². The Morgan fingerprint density at radius 1 is 1.27 bits per heavy atom. The molecule has 6 nitrogen and oxygen atoms in total. The van der Waals surface area contributed by atoms with Crippen molar-refractivity contribution in [2.75, 3.05) is 33.2 Å². The molecule has 0 bridgehead atoms. The van der Waals surface area contributed by atoms with E-state index in [1.807, 2.05) is 0 Å². The van der Waals surface area contributed by atoms with E-state index in [4.69, 9.17) is 0 Å². The van der Waals surface area contributed by atoms with Gasteiger partial charge in [-0.05, 0) is 44.5 Å². The van der Waals surface area contributed by atoms with Gasteiger partial charge in [-0.25, -0.2) is 8.42 Å². The lowest BCUT2D eigenvalue weighted by atomic mass is 10.0. The fourth-order valence-corrected chi connectivity index (χ4v) is 4.44. The summed E-state index contributed by atoms with van der Waals surface area (Å²) in [6.45, 7) is 4.76. The maximum absolute atomic E-state index is 12.5. The van der Waals surface area contributed by atoms with E-state index in [1.165, 1.54) is 38.4 Å². The largest absolute Gasteiger partial charge is 0.353 e. The van der Waals surface area contributed by atoms with Gasteiger partial charge in [-0.2, -0.15) is 4.31 Å². The fourth-order valence-electron chi connectivity index (χ4n) is 3.29. The molecule has 1 heterocycles. The van der Waals surface area contributed by atoms with Gasteiger partial charge in [0.2, 0.25) is 15.9 Å². The van der Waals surface area contributed by atoms with E-state index in [0.717, 1.165) is 30.2 Å². The lowest BCUT2D eigenvalue weighted by Gasteiger charge is -2.35. The van der Waals surface area contributed by atoms with Crippen LogP contribution in [-0.2, 0) is 14.8 Å². The predicted molar refractivity (Wildman–Crippen MR) is 103 cm³/mol. The molecule has 1 aromatic carbocycles. The first kappa shape index (κ1) is 20.9. The standard InChI is InChI=1S/C19H31N3O3S/c1-3-4-13-22-14-9-8-10-17(22)15-20-19(23)16-21(2)26(24,25)18-11-6-5-7-12-18/h5-7,11-12,17H,3-4,8-10,13-16H2,1-2H3,(H,20,23). The number of benzene rings is 1. The van der Waals surface area contributed by atoms with Crippen LogP contribution in [0.3, 0.4) is 0 Å². The molecule has 1 fully saturated rings. The van der Waals surface area contributed by atoms with E-state index in [0.29, 0.717) is 12.6 Å². The number of amides is 1. The van der Waals surface area contributed by atoms with Crippen molar-refractivity contribution in [1.82, 2.24) is 14.5 Å². The van der Waals surface area contributed by atoms with Gasteiger partial charge in [0.25, 0.3) is 0 Å². The molecule has 1 N–H and O–H groups in total. The SMILES string of the molecule is CCCCN1CCCCC1CNC(=O)CN(C)S(=O)(=O)c1ccccc1. The van der Waals surface area contributed by atoms with Crippen molar-refractivity contribution >= 4 is 15.9 Å². The Kier molecular flexibility index (Phi) is 8.06. The third-order valence-corrected chi connectivity index (χ3v) is 6.72. The summed E-state index contributed by atoms with van der Waals surface area (Å²) in [5.74, 6) is -0.256. The highest BCUT2D eigenvalue weighted by Gasteiger charge is 2.25. The molecule has 26 heavy (non-hydrogen) atoms. The number of hydrogen-bond donors (Lipinski definition) is 1. The number of nitrogens with one attached hydrogen (secondary N) is 1. The number of nitrogens with zero attached hydrogens (tertiary/aromatic N) is 2. The monoisotopic (exact) mass is 381 g/mol. The molecule has 0 radical (unpaired) electrons. The number of rotatable bonds is 9. The van der Waals surface area contributed by atoms with E-state index in [2.05, 4.69) is 17.1 Å². The zero-order valence-electron chi connectivity index (χ0n) is 15.9. The number of sulfonamides is 1. The van der Waals surface area contributed by atoms with E-state index >= 15 is 0 Å². The molecule has 1 aliphatic heterocycles. The maximum Gasteiger partial charge on any atom is 0.243 e. The van der Waals surface area contributed by atoms with Crippen LogP contribution in [0.1, 0.15) is 39.0 Å². The summed E-state index contributed by atoms with van der Waals surface area (Å²) in [5.41, 5.74) is 0. The number of carbonyl (C=O) groups excluding carboxylic acids is 1. The van der Waals surface area contributed by atoms with Crippen molar-refractivity contribution in [2.45, 2.75) is 50.0 Å². The van der Waals surface area contributed by atoms with Crippen LogP contribution in [0.2, 0.25) is 0 Å². The third-order valence-electron chi connectivity index (χ3n) is 4.90. The van der Waals surface area contributed by atoms with Crippen molar-refractivity contribution in [3.63, 3.8) is 0 Å². The lowest BCUT2D eigenvalue weighted by molar-refractivity contribution is -0.121. The first-order chi connectivity index (χ1) is 12.4. The van der Waals surface area contributed by atoms with Crippen LogP contribution in [0.5, 0.6) is 0 Å². The van der Waals surface area contributed by atoms with Gasteiger partial charge >= 0.3 is 0 Å². The van der Waals surface area contributed by atoms with Gasteiger partial charge in [-0.3, -0.25) is 9.69 Å². The molecule has 1 aliphatic rings. The summed E-state index contributed by atoms with van der Waals surface area (Å²) < 4.78 is 26.1. The molecule has 1 aromatic rings. The second kappa shape index (κ2) is 10.0. The van der Waals surface area contributed by atoms with Gasteiger partial charge < -0.3 is 5.32 Å². The first-order valence-corrected chi connectivity index (χ1v) is 10.9. The van der Waals surface area contributed by atoms with Crippen molar-refractivity contribution in [1.29, 1.82) is 0 Å². The maximum atomic E-state index is 12.5. The minimum absolute atomic E-state index is 0.168. The molecule has 0 saturated carbocycles. The quantitative estimate of drug-likeness (QED) is 0.711. The van der Waals surface area contributed by atoms with Crippen LogP contribution in [0.25, 0.3) is 0 Å².